The van der Waals surface area contributed by atoms with Gasteiger partial charge in [-0.05, 0) is 62.6 Å². The van der Waals surface area contributed by atoms with E-state index in [0.717, 1.165) is 6.42 Å². The molecule has 0 radical (unpaired) electrons. The fourth-order valence-corrected chi connectivity index (χ4v) is 2.85. The fraction of sp³-hybridized carbons (Fsp3) is 0.667. The molecule has 3 unspecified atom stereocenters. The molecular formula is C30H47NO11. The molecule has 0 heterocycles. The second-order valence-electron chi connectivity index (χ2n) is 11.1. The van der Waals surface area contributed by atoms with E-state index in [9.17, 15) is 19.2 Å². The standard InChI is InChI=1S/C30H47NO11/c1-10-19(6)15-37-28(33)38-20(7)16-36-27(32)24(31)13-23-11-12-25(41-29(34)39-21(8)17(2)3)26(14-23)42-30(35)40-22(9)18(4)5/h11-12,14,17-22,24H,10,13,15-16,31H2,1-9H3/t19?,20-,21?,22?,24-/m0/s1. The number of hydrogen-bond donors (Lipinski definition) is 1. The molecule has 0 aromatic heterocycles. The van der Waals surface area contributed by atoms with Crippen LogP contribution in [0.4, 0.5) is 14.4 Å². The normalized spacial score (nSPS) is 14.7. The first kappa shape index (κ1) is 36.5. The summed E-state index contributed by atoms with van der Waals surface area (Å²) in [5, 5.41) is 0. The molecule has 1 aromatic carbocycles. The van der Waals surface area contributed by atoms with Gasteiger partial charge in [-0.25, -0.2) is 14.4 Å². The Hall–Kier alpha value is -3.54. The molecular weight excluding hydrogens is 550 g/mol. The summed E-state index contributed by atoms with van der Waals surface area (Å²) in [4.78, 5) is 49.0. The Morgan fingerprint density at radius 1 is 0.714 bits per heavy atom. The molecule has 0 aliphatic carbocycles. The maximum absolute atomic E-state index is 12.5. The van der Waals surface area contributed by atoms with Gasteiger partial charge in [0.25, 0.3) is 0 Å². The van der Waals surface area contributed by atoms with Crippen molar-refractivity contribution in [3.8, 4) is 11.5 Å². The number of esters is 1. The van der Waals surface area contributed by atoms with Gasteiger partial charge in [0.05, 0.1) is 6.61 Å². The minimum Gasteiger partial charge on any atom is -0.461 e. The summed E-state index contributed by atoms with van der Waals surface area (Å²) in [5.41, 5.74) is 6.52. The van der Waals surface area contributed by atoms with Crippen molar-refractivity contribution in [2.75, 3.05) is 13.2 Å². The van der Waals surface area contributed by atoms with E-state index < -0.39 is 48.8 Å². The van der Waals surface area contributed by atoms with Crippen LogP contribution in [0.2, 0.25) is 0 Å². The van der Waals surface area contributed by atoms with Gasteiger partial charge in [-0.3, -0.25) is 4.79 Å². The largest absolute Gasteiger partial charge is 0.514 e. The Bertz CT molecular complexity index is 1030. The zero-order valence-corrected chi connectivity index (χ0v) is 26.2. The highest BCUT2D eigenvalue weighted by molar-refractivity contribution is 5.76. The molecule has 1 rings (SSSR count). The van der Waals surface area contributed by atoms with Crippen LogP contribution in [0.15, 0.2) is 18.2 Å². The molecule has 5 atom stereocenters. The number of carbonyl (C=O) groups excluding carboxylic acids is 4. The first-order valence-electron chi connectivity index (χ1n) is 14.3. The van der Waals surface area contributed by atoms with Crippen LogP contribution in [-0.2, 0) is 34.9 Å². The van der Waals surface area contributed by atoms with Crippen LogP contribution in [0.25, 0.3) is 0 Å². The summed E-state index contributed by atoms with van der Waals surface area (Å²) in [6.07, 6.45) is -3.56. The fourth-order valence-electron chi connectivity index (χ4n) is 2.85. The first-order chi connectivity index (χ1) is 19.6. The van der Waals surface area contributed by atoms with Gasteiger partial charge in [-0.15, -0.1) is 0 Å². The average molecular weight is 598 g/mol. The van der Waals surface area contributed by atoms with E-state index in [2.05, 4.69) is 0 Å². The van der Waals surface area contributed by atoms with Crippen LogP contribution in [-0.4, -0.2) is 62.0 Å². The lowest BCUT2D eigenvalue weighted by Gasteiger charge is -2.19. The predicted octanol–water partition coefficient (Wildman–Crippen LogP) is 5.81. The van der Waals surface area contributed by atoms with Crippen molar-refractivity contribution < 1.29 is 52.3 Å². The molecule has 0 fully saturated rings. The Labute approximate surface area is 248 Å². The third-order valence-electron chi connectivity index (χ3n) is 6.54. The SMILES string of the molecule is CCC(C)COC(=O)O[C@@H](C)COC(=O)[C@@H](N)Cc1ccc(OC(=O)OC(C)C(C)C)c(OC(=O)OC(C)C(C)C)c1. The van der Waals surface area contributed by atoms with Crippen molar-refractivity contribution in [3.05, 3.63) is 23.8 Å². The van der Waals surface area contributed by atoms with Crippen LogP contribution in [0, 0.1) is 17.8 Å². The zero-order valence-electron chi connectivity index (χ0n) is 26.2. The monoisotopic (exact) mass is 597 g/mol. The van der Waals surface area contributed by atoms with Gasteiger partial charge in [0.15, 0.2) is 11.5 Å². The highest BCUT2D eigenvalue weighted by Crippen LogP contribution is 2.30. The van der Waals surface area contributed by atoms with E-state index in [1.54, 1.807) is 26.8 Å². The molecule has 0 aliphatic heterocycles. The van der Waals surface area contributed by atoms with Crippen molar-refractivity contribution >= 4 is 24.4 Å². The van der Waals surface area contributed by atoms with Crippen LogP contribution < -0.4 is 15.2 Å². The highest BCUT2D eigenvalue weighted by atomic mass is 16.8. The molecule has 0 saturated carbocycles. The van der Waals surface area contributed by atoms with Crippen LogP contribution in [0.1, 0.15) is 74.3 Å². The minimum atomic E-state index is -1.10. The van der Waals surface area contributed by atoms with Gasteiger partial charge in [-0.2, -0.15) is 0 Å². The molecule has 12 nitrogen and oxygen atoms in total. The highest BCUT2D eigenvalue weighted by Gasteiger charge is 2.23. The number of carbonyl (C=O) groups is 4. The Kier molecular flexibility index (Phi) is 15.7. The van der Waals surface area contributed by atoms with Gasteiger partial charge >= 0.3 is 24.4 Å². The van der Waals surface area contributed by atoms with E-state index in [1.807, 2.05) is 41.5 Å². The van der Waals surface area contributed by atoms with Crippen molar-refractivity contribution in [1.82, 2.24) is 0 Å². The molecule has 12 heteroatoms. The van der Waals surface area contributed by atoms with Crippen LogP contribution in [0.5, 0.6) is 11.5 Å². The predicted molar refractivity (Wildman–Crippen MR) is 153 cm³/mol. The molecule has 0 bridgehead atoms. The summed E-state index contributed by atoms with van der Waals surface area (Å²) in [6, 6.07) is 3.25. The molecule has 1 aromatic rings. The number of benzene rings is 1. The van der Waals surface area contributed by atoms with Crippen LogP contribution in [0.3, 0.4) is 0 Å². The van der Waals surface area contributed by atoms with Gasteiger partial charge in [-0.1, -0.05) is 54.0 Å². The Morgan fingerprint density at radius 2 is 1.26 bits per heavy atom. The van der Waals surface area contributed by atoms with E-state index in [1.165, 1.54) is 12.1 Å². The summed E-state index contributed by atoms with van der Waals surface area (Å²) in [6.45, 7) is 16.5. The van der Waals surface area contributed by atoms with Gasteiger partial charge in [0.1, 0.15) is 31.0 Å². The smallest absolute Gasteiger partial charge is 0.461 e. The van der Waals surface area contributed by atoms with Gasteiger partial charge < -0.3 is 38.9 Å². The molecule has 2 N–H and O–H groups in total. The topological polar surface area (TPSA) is 159 Å². The van der Waals surface area contributed by atoms with Gasteiger partial charge in [0, 0.05) is 0 Å². The summed E-state index contributed by atoms with van der Waals surface area (Å²) < 4.78 is 36.4. The average Bonchev–Trinajstić information content (AvgIpc) is 2.91. The van der Waals surface area contributed by atoms with Crippen molar-refractivity contribution in [3.63, 3.8) is 0 Å². The van der Waals surface area contributed by atoms with Crippen molar-refractivity contribution in [1.29, 1.82) is 0 Å². The maximum Gasteiger partial charge on any atom is 0.514 e. The lowest BCUT2D eigenvalue weighted by atomic mass is 10.1. The lowest BCUT2D eigenvalue weighted by Crippen LogP contribution is -2.36. The van der Waals surface area contributed by atoms with E-state index in [-0.39, 0.29) is 48.9 Å². The third kappa shape index (κ3) is 13.9. The molecule has 0 spiro atoms. The lowest BCUT2D eigenvalue weighted by molar-refractivity contribution is -0.148. The second-order valence-corrected chi connectivity index (χ2v) is 11.1. The molecule has 0 aliphatic rings. The number of rotatable bonds is 15. The van der Waals surface area contributed by atoms with E-state index in [4.69, 9.17) is 38.9 Å². The number of nitrogens with two attached hydrogens (primary N) is 1. The van der Waals surface area contributed by atoms with Gasteiger partial charge in [0.2, 0.25) is 0 Å². The summed E-state index contributed by atoms with van der Waals surface area (Å²) in [7, 11) is 0. The Balaban J connectivity index is 2.88. The quantitative estimate of drug-likeness (QED) is 0.147. The second kappa shape index (κ2) is 18.1. The maximum atomic E-state index is 12.5. The number of ether oxygens (including phenoxy) is 7. The van der Waals surface area contributed by atoms with Crippen molar-refractivity contribution in [2.24, 2.45) is 23.5 Å². The first-order valence-corrected chi connectivity index (χ1v) is 14.3. The molecule has 0 amide bonds. The molecule has 238 valence electrons. The molecule has 0 saturated heterocycles. The van der Waals surface area contributed by atoms with Crippen LogP contribution >= 0.6 is 0 Å². The third-order valence-corrected chi connectivity index (χ3v) is 6.54. The number of hydrogen-bond acceptors (Lipinski definition) is 12. The van der Waals surface area contributed by atoms with E-state index >= 15 is 0 Å². The summed E-state index contributed by atoms with van der Waals surface area (Å²) >= 11 is 0. The zero-order chi connectivity index (χ0) is 32.0. The summed E-state index contributed by atoms with van der Waals surface area (Å²) in [5.74, 6) is -0.649. The van der Waals surface area contributed by atoms with Crippen molar-refractivity contribution in [2.45, 2.75) is 99.5 Å². The minimum absolute atomic E-state index is 0.00602. The van der Waals surface area contributed by atoms with E-state index in [0.29, 0.717) is 5.56 Å². The molecule has 42 heavy (non-hydrogen) atoms. The Morgan fingerprint density at radius 3 is 1.79 bits per heavy atom.